The van der Waals surface area contributed by atoms with E-state index < -0.39 is 11.8 Å². The molecular formula is C13H16BrN3O4. The van der Waals surface area contributed by atoms with E-state index in [-0.39, 0.29) is 18.2 Å². The minimum atomic E-state index is -0.559. The monoisotopic (exact) mass is 357 g/mol. The van der Waals surface area contributed by atoms with Gasteiger partial charge in [-0.25, -0.2) is 0 Å². The first-order valence-corrected chi connectivity index (χ1v) is 7.48. The lowest BCUT2D eigenvalue weighted by Crippen LogP contribution is -2.47. The average Bonchev–Trinajstić information content (AvgIpc) is 2.79. The Labute approximate surface area is 130 Å². The molecule has 2 N–H and O–H groups in total. The highest BCUT2D eigenvalue weighted by Gasteiger charge is 2.19. The standard InChI is InChI=1S/C13H16BrN3O4/c14-10-6-5-9(21-10)13(20)16-15-11(18)8-17-7-3-1-2-4-12(17)19/h5-6H,1-4,7-8H2,(H,15,18)(H,16,20). The summed E-state index contributed by atoms with van der Waals surface area (Å²) in [5.74, 6) is -0.947. The Morgan fingerprint density at radius 2 is 2.05 bits per heavy atom. The van der Waals surface area contributed by atoms with E-state index in [0.717, 1.165) is 19.3 Å². The smallest absolute Gasteiger partial charge is 0.305 e. The zero-order valence-electron chi connectivity index (χ0n) is 11.4. The number of halogens is 1. The lowest BCUT2D eigenvalue weighted by atomic mass is 10.2. The highest BCUT2D eigenvalue weighted by molar-refractivity contribution is 9.10. The summed E-state index contributed by atoms with van der Waals surface area (Å²) in [4.78, 5) is 36.7. The number of carbonyl (C=O) groups excluding carboxylic acids is 3. The van der Waals surface area contributed by atoms with Crippen molar-refractivity contribution in [2.75, 3.05) is 13.1 Å². The van der Waals surface area contributed by atoms with E-state index in [1.807, 2.05) is 0 Å². The third-order valence-corrected chi connectivity index (χ3v) is 3.54. The number of furan rings is 1. The molecule has 2 rings (SSSR count). The van der Waals surface area contributed by atoms with E-state index in [1.54, 1.807) is 6.07 Å². The lowest BCUT2D eigenvalue weighted by Gasteiger charge is -2.19. The minimum Gasteiger partial charge on any atom is -0.444 e. The van der Waals surface area contributed by atoms with E-state index in [1.165, 1.54) is 11.0 Å². The van der Waals surface area contributed by atoms with Crippen LogP contribution in [-0.2, 0) is 9.59 Å². The second-order valence-corrected chi connectivity index (χ2v) is 5.51. The molecule has 1 aliphatic rings. The maximum absolute atomic E-state index is 11.8. The van der Waals surface area contributed by atoms with Crippen molar-refractivity contribution in [1.82, 2.24) is 15.8 Å². The van der Waals surface area contributed by atoms with Crippen LogP contribution in [0.3, 0.4) is 0 Å². The van der Waals surface area contributed by atoms with Crippen molar-refractivity contribution in [2.45, 2.75) is 25.7 Å². The Bertz CT molecular complexity index is 543. The SMILES string of the molecule is O=C(CN1CCCCCC1=O)NNC(=O)c1ccc(Br)o1. The van der Waals surface area contributed by atoms with Crippen molar-refractivity contribution in [2.24, 2.45) is 0 Å². The molecule has 7 nitrogen and oxygen atoms in total. The molecule has 2 heterocycles. The quantitative estimate of drug-likeness (QED) is 0.795. The van der Waals surface area contributed by atoms with Crippen LogP contribution in [0.25, 0.3) is 0 Å². The van der Waals surface area contributed by atoms with Crippen LogP contribution in [-0.4, -0.2) is 35.7 Å². The van der Waals surface area contributed by atoms with E-state index >= 15 is 0 Å². The highest BCUT2D eigenvalue weighted by Crippen LogP contribution is 2.13. The van der Waals surface area contributed by atoms with Crippen molar-refractivity contribution in [3.63, 3.8) is 0 Å². The Hall–Kier alpha value is -1.83. The normalized spacial score (nSPS) is 15.5. The van der Waals surface area contributed by atoms with Gasteiger partial charge < -0.3 is 9.32 Å². The maximum atomic E-state index is 11.8. The van der Waals surface area contributed by atoms with Gasteiger partial charge in [0.25, 0.3) is 5.91 Å². The zero-order valence-corrected chi connectivity index (χ0v) is 12.9. The Morgan fingerprint density at radius 1 is 1.24 bits per heavy atom. The average molecular weight is 358 g/mol. The second-order valence-electron chi connectivity index (χ2n) is 4.73. The van der Waals surface area contributed by atoms with Crippen LogP contribution >= 0.6 is 15.9 Å². The van der Waals surface area contributed by atoms with Gasteiger partial charge in [-0.15, -0.1) is 0 Å². The molecule has 21 heavy (non-hydrogen) atoms. The number of hydrazine groups is 1. The number of nitrogens with one attached hydrogen (secondary N) is 2. The molecule has 0 spiro atoms. The molecule has 0 unspecified atom stereocenters. The fourth-order valence-corrected chi connectivity index (χ4v) is 2.35. The van der Waals surface area contributed by atoms with E-state index in [9.17, 15) is 14.4 Å². The van der Waals surface area contributed by atoms with Crippen LogP contribution in [0.15, 0.2) is 21.2 Å². The Morgan fingerprint density at radius 3 is 2.76 bits per heavy atom. The predicted octanol–water partition coefficient (Wildman–Crippen LogP) is 1.21. The van der Waals surface area contributed by atoms with Crippen molar-refractivity contribution < 1.29 is 18.8 Å². The van der Waals surface area contributed by atoms with Crippen molar-refractivity contribution in [3.05, 3.63) is 22.6 Å². The van der Waals surface area contributed by atoms with Crippen molar-refractivity contribution in [1.29, 1.82) is 0 Å². The fourth-order valence-electron chi connectivity index (χ4n) is 2.04. The van der Waals surface area contributed by atoms with Gasteiger partial charge in [0.1, 0.15) is 6.54 Å². The molecule has 0 aromatic carbocycles. The van der Waals surface area contributed by atoms with Crippen LogP contribution in [0.5, 0.6) is 0 Å². The predicted molar refractivity (Wildman–Crippen MR) is 77.1 cm³/mol. The van der Waals surface area contributed by atoms with Crippen LogP contribution in [0, 0.1) is 0 Å². The number of rotatable bonds is 3. The molecule has 1 aromatic heterocycles. The first kappa shape index (κ1) is 15.6. The van der Waals surface area contributed by atoms with Gasteiger partial charge in [-0.1, -0.05) is 6.42 Å². The van der Waals surface area contributed by atoms with Gasteiger partial charge in [0, 0.05) is 13.0 Å². The first-order chi connectivity index (χ1) is 10.1. The summed E-state index contributed by atoms with van der Waals surface area (Å²) < 4.78 is 5.48. The molecule has 1 fully saturated rings. The number of amides is 3. The Kier molecular flexibility index (Phi) is 5.38. The zero-order chi connectivity index (χ0) is 15.2. The van der Waals surface area contributed by atoms with Crippen LogP contribution in [0.1, 0.15) is 36.2 Å². The van der Waals surface area contributed by atoms with Gasteiger partial charge in [-0.05, 0) is 40.9 Å². The van der Waals surface area contributed by atoms with E-state index in [4.69, 9.17) is 4.42 Å². The Balaban J connectivity index is 1.79. The summed E-state index contributed by atoms with van der Waals surface area (Å²) in [6.07, 6.45) is 3.22. The van der Waals surface area contributed by atoms with Gasteiger partial charge in [-0.2, -0.15) is 0 Å². The highest BCUT2D eigenvalue weighted by atomic mass is 79.9. The summed E-state index contributed by atoms with van der Waals surface area (Å²) >= 11 is 3.08. The summed E-state index contributed by atoms with van der Waals surface area (Å²) in [6.45, 7) is 0.520. The summed E-state index contributed by atoms with van der Waals surface area (Å²) in [7, 11) is 0. The molecule has 0 atom stereocenters. The number of hydrogen-bond acceptors (Lipinski definition) is 4. The topological polar surface area (TPSA) is 91.7 Å². The van der Waals surface area contributed by atoms with Gasteiger partial charge in [0.05, 0.1) is 0 Å². The van der Waals surface area contributed by atoms with Crippen LogP contribution in [0.4, 0.5) is 0 Å². The second kappa shape index (κ2) is 7.26. The minimum absolute atomic E-state index is 0.0241. The summed E-state index contributed by atoms with van der Waals surface area (Å²) in [6, 6.07) is 3.05. The molecule has 0 bridgehead atoms. The maximum Gasteiger partial charge on any atom is 0.305 e. The van der Waals surface area contributed by atoms with E-state index in [2.05, 4.69) is 26.8 Å². The number of likely N-dealkylation sites (tertiary alicyclic amines) is 1. The van der Waals surface area contributed by atoms with Gasteiger partial charge >= 0.3 is 5.91 Å². The molecule has 1 aromatic rings. The third kappa shape index (κ3) is 4.59. The summed E-state index contributed by atoms with van der Waals surface area (Å²) in [5.41, 5.74) is 4.51. The molecular weight excluding hydrogens is 342 g/mol. The van der Waals surface area contributed by atoms with Gasteiger partial charge in [-0.3, -0.25) is 25.2 Å². The third-order valence-electron chi connectivity index (χ3n) is 3.12. The first-order valence-electron chi connectivity index (χ1n) is 6.68. The molecule has 8 heteroatoms. The van der Waals surface area contributed by atoms with Crippen molar-refractivity contribution in [3.8, 4) is 0 Å². The number of hydrogen-bond donors (Lipinski definition) is 2. The van der Waals surface area contributed by atoms with Crippen LogP contribution in [0.2, 0.25) is 0 Å². The molecule has 0 radical (unpaired) electrons. The van der Waals surface area contributed by atoms with E-state index in [0.29, 0.717) is 17.6 Å². The fraction of sp³-hybridized carbons (Fsp3) is 0.462. The van der Waals surface area contributed by atoms with Crippen molar-refractivity contribution >= 4 is 33.7 Å². The molecule has 1 aliphatic heterocycles. The lowest BCUT2D eigenvalue weighted by molar-refractivity contribution is -0.135. The van der Waals surface area contributed by atoms with Gasteiger partial charge in [0.2, 0.25) is 5.91 Å². The van der Waals surface area contributed by atoms with Crippen LogP contribution < -0.4 is 10.9 Å². The molecule has 114 valence electrons. The number of nitrogens with zero attached hydrogens (tertiary/aromatic N) is 1. The molecule has 0 aliphatic carbocycles. The largest absolute Gasteiger partial charge is 0.444 e. The molecule has 0 saturated carbocycles. The molecule has 3 amide bonds. The van der Waals surface area contributed by atoms with Gasteiger partial charge in [0.15, 0.2) is 10.4 Å². The number of carbonyl (C=O) groups is 3. The molecule has 1 saturated heterocycles. The summed E-state index contributed by atoms with van der Waals surface area (Å²) in [5, 5.41) is 0.